The number of benzene rings is 2. The number of anilines is 1. The summed E-state index contributed by atoms with van der Waals surface area (Å²) in [6.07, 6.45) is 4.38. The molecule has 35 heavy (non-hydrogen) atoms. The highest BCUT2D eigenvalue weighted by Crippen LogP contribution is 2.36. The van der Waals surface area contributed by atoms with E-state index in [0.717, 1.165) is 17.8 Å². The third-order valence-corrected chi connectivity index (χ3v) is 6.39. The standard InChI is InChI=1S/C23H22F2N8O2/c1-15(23(35,11-17-12-26-13-27-17)20-7-2-16(24)10-21(20)25)31-8-9-32(22(31)34)18-3-5-19(6-4-18)33-14-28-29-30-33/h2-7,10,12-15,35H,8-9,11H2,1H3,(H,26,27)/t15-,23+/m1/s1. The first kappa shape index (κ1) is 22.6. The maximum atomic E-state index is 14.9. The number of aliphatic hydroxyl groups is 1. The molecule has 0 unspecified atom stereocenters. The number of hydrogen-bond donors (Lipinski definition) is 2. The van der Waals surface area contributed by atoms with Gasteiger partial charge in [0.2, 0.25) is 0 Å². The van der Waals surface area contributed by atoms with Crippen molar-refractivity contribution < 1.29 is 18.7 Å². The number of rotatable bonds is 7. The van der Waals surface area contributed by atoms with Crippen molar-refractivity contribution in [2.45, 2.75) is 25.0 Å². The van der Waals surface area contributed by atoms with Crippen LogP contribution in [-0.2, 0) is 12.0 Å². The van der Waals surface area contributed by atoms with Crippen LogP contribution < -0.4 is 4.90 Å². The average Bonchev–Trinajstić information content (AvgIpc) is 3.61. The van der Waals surface area contributed by atoms with E-state index in [4.69, 9.17) is 0 Å². The van der Waals surface area contributed by atoms with Gasteiger partial charge in [0.1, 0.15) is 23.6 Å². The lowest BCUT2D eigenvalue weighted by Gasteiger charge is -2.39. The molecule has 2 N–H and O–H groups in total. The number of urea groups is 1. The number of nitrogens with one attached hydrogen (secondary N) is 1. The van der Waals surface area contributed by atoms with Gasteiger partial charge < -0.3 is 15.0 Å². The van der Waals surface area contributed by atoms with Gasteiger partial charge in [-0.2, -0.15) is 0 Å². The van der Waals surface area contributed by atoms with E-state index in [-0.39, 0.29) is 18.0 Å². The molecule has 180 valence electrons. The van der Waals surface area contributed by atoms with Gasteiger partial charge in [0.05, 0.1) is 18.1 Å². The fourth-order valence-corrected chi connectivity index (χ4v) is 4.46. The van der Waals surface area contributed by atoms with Crippen molar-refractivity contribution in [1.29, 1.82) is 0 Å². The number of nitrogens with zero attached hydrogens (tertiary/aromatic N) is 7. The molecule has 2 amide bonds. The van der Waals surface area contributed by atoms with E-state index >= 15 is 0 Å². The second kappa shape index (κ2) is 8.87. The zero-order valence-electron chi connectivity index (χ0n) is 18.7. The molecule has 2 aromatic heterocycles. The Kier molecular flexibility index (Phi) is 5.73. The summed E-state index contributed by atoms with van der Waals surface area (Å²) in [5, 5.41) is 22.9. The van der Waals surface area contributed by atoms with Crippen molar-refractivity contribution in [2.75, 3.05) is 18.0 Å². The van der Waals surface area contributed by atoms with Crippen LogP contribution >= 0.6 is 0 Å². The summed E-state index contributed by atoms with van der Waals surface area (Å²) < 4.78 is 30.0. The third-order valence-electron chi connectivity index (χ3n) is 6.39. The summed E-state index contributed by atoms with van der Waals surface area (Å²) in [4.78, 5) is 23.4. The fraction of sp³-hybridized carbons (Fsp3) is 0.261. The second-order valence-corrected chi connectivity index (χ2v) is 8.38. The number of carbonyl (C=O) groups is 1. The first-order valence-electron chi connectivity index (χ1n) is 10.9. The molecule has 4 aromatic rings. The van der Waals surface area contributed by atoms with Gasteiger partial charge in [0, 0.05) is 48.7 Å². The van der Waals surface area contributed by atoms with Gasteiger partial charge in [0.25, 0.3) is 0 Å². The van der Waals surface area contributed by atoms with Crippen LogP contribution in [-0.4, -0.2) is 65.3 Å². The van der Waals surface area contributed by atoms with Gasteiger partial charge >= 0.3 is 6.03 Å². The minimum atomic E-state index is -1.85. The molecular weight excluding hydrogens is 458 g/mol. The van der Waals surface area contributed by atoms with Gasteiger partial charge in [-0.25, -0.2) is 23.2 Å². The van der Waals surface area contributed by atoms with Crippen LogP contribution in [0.2, 0.25) is 0 Å². The third kappa shape index (κ3) is 4.12. The Labute approximate surface area is 198 Å². The highest BCUT2D eigenvalue weighted by atomic mass is 19.1. The first-order valence-corrected chi connectivity index (χ1v) is 10.9. The van der Waals surface area contributed by atoms with E-state index in [0.29, 0.717) is 24.5 Å². The highest BCUT2D eigenvalue weighted by Gasteiger charge is 2.46. The quantitative estimate of drug-likeness (QED) is 0.420. The molecular formula is C23H22F2N8O2. The maximum Gasteiger partial charge on any atom is 0.324 e. The summed E-state index contributed by atoms with van der Waals surface area (Å²) in [6, 6.07) is 8.98. The van der Waals surface area contributed by atoms with Gasteiger partial charge in [-0.15, -0.1) is 5.10 Å². The van der Waals surface area contributed by atoms with Crippen molar-refractivity contribution in [3.05, 3.63) is 84.2 Å². The molecule has 0 saturated carbocycles. The van der Waals surface area contributed by atoms with E-state index in [9.17, 15) is 18.7 Å². The number of aromatic nitrogens is 6. The largest absolute Gasteiger partial charge is 0.382 e. The number of carbonyl (C=O) groups excluding carboxylic acids is 1. The molecule has 10 nitrogen and oxygen atoms in total. The Balaban J connectivity index is 1.43. The van der Waals surface area contributed by atoms with Crippen molar-refractivity contribution in [1.82, 2.24) is 35.1 Å². The molecule has 2 aromatic carbocycles. The summed E-state index contributed by atoms with van der Waals surface area (Å²) in [5.41, 5.74) is -0.00863. The average molecular weight is 480 g/mol. The van der Waals surface area contributed by atoms with E-state index < -0.39 is 23.3 Å². The topological polar surface area (TPSA) is 116 Å². The predicted octanol–water partition coefficient (Wildman–Crippen LogP) is 2.42. The van der Waals surface area contributed by atoms with Crippen LogP contribution in [0.5, 0.6) is 0 Å². The lowest BCUT2D eigenvalue weighted by atomic mass is 9.82. The molecule has 2 atom stereocenters. The Morgan fingerprint density at radius 3 is 2.57 bits per heavy atom. The summed E-state index contributed by atoms with van der Waals surface area (Å²) in [7, 11) is 0. The van der Waals surface area contributed by atoms with Crippen LogP contribution in [0.3, 0.4) is 0 Å². The Morgan fingerprint density at radius 1 is 1.14 bits per heavy atom. The van der Waals surface area contributed by atoms with Crippen molar-refractivity contribution in [2.24, 2.45) is 0 Å². The van der Waals surface area contributed by atoms with E-state index in [1.54, 1.807) is 36.1 Å². The molecule has 3 heterocycles. The minimum Gasteiger partial charge on any atom is -0.382 e. The SMILES string of the molecule is C[C@@H](N1CCN(c2ccc(-n3cnnn3)cc2)C1=O)[C@@](O)(Cc1cnc[nH]1)c1ccc(F)cc1F. The summed E-state index contributed by atoms with van der Waals surface area (Å²) in [5.74, 6) is -1.64. The van der Waals surface area contributed by atoms with Crippen molar-refractivity contribution in [3.8, 4) is 5.69 Å². The minimum absolute atomic E-state index is 0.0544. The number of hydrogen-bond acceptors (Lipinski definition) is 6. The monoisotopic (exact) mass is 480 g/mol. The fourth-order valence-electron chi connectivity index (χ4n) is 4.46. The van der Waals surface area contributed by atoms with Gasteiger partial charge in [0.15, 0.2) is 0 Å². The second-order valence-electron chi connectivity index (χ2n) is 8.38. The number of amides is 2. The van der Waals surface area contributed by atoms with Crippen LogP contribution in [0, 0.1) is 11.6 Å². The van der Waals surface area contributed by atoms with Gasteiger partial charge in [-0.05, 0) is 47.7 Å². The van der Waals surface area contributed by atoms with Gasteiger partial charge in [-0.3, -0.25) is 4.90 Å². The van der Waals surface area contributed by atoms with Crippen LogP contribution in [0.4, 0.5) is 19.3 Å². The normalized spacial score (nSPS) is 16.5. The highest BCUT2D eigenvalue weighted by molar-refractivity contribution is 5.94. The van der Waals surface area contributed by atoms with Crippen molar-refractivity contribution in [3.63, 3.8) is 0 Å². The Hall–Kier alpha value is -4.19. The molecule has 5 rings (SSSR count). The van der Waals surface area contributed by atoms with E-state index in [1.807, 2.05) is 0 Å². The molecule has 0 bridgehead atoms. The van der Waals surface area contributed by atoms with Crippen LogP contribution in [0.25, 0.3) is 5.69 Å². The molecule has 1 aliphatic heterocycles. The zero-order valence-corrected chi connectivity index (χ0v) is 18.7. The number of imidazole rings is 1. The Morgan fingerprint density at radius 2 is 1.91 bits per heavy atom. The number of tetrazole rings is 1. The van der Waals surface area contributed by atoms with E-state index in [2.05, 4.69) is 25.5 Å². The smallest absolute Gasteiger partial charge is 0.324 e. The van der Waals surface area contributed by atoms with Crippen LogP contribution in [0.1, 0.15) is 18.2 Å². The zero-order chi connectivity index (χ0) is 24.6. The lowest BCUT2D eigenvalue weighted by molar-refractivity contribution is -0.0315. The number of aromatic amines is 1. The molecule has 1 aliphatic rings. The molecule has 1 saturated heterocycles. The van der Waals surface area contributed by atoms with Crippen molar-refractivity contribution >= 4 is 11.7 Å². The maximum absolute atomic E-state index is 14.9. The summed E-state index contributed by atoms with van der Waals surface area (Å²) >= 11 is 0. The van der Waals surface area contributed by atoms with E-state index in [1.165, 1.54) is 34.5 Å². The Bertz CT molecular complexity index is 1310. The predicted molar refractivity (Wildman–Crippen MR) is 121 cm³/mol. The molecule has 12 heteroatoms. The van der Waals surface area contributed by atoms with Crippen LogP contribution in [0.15, 0.2) is 61.3 Å². The molecule has 1 fully saturated rings. The first-order chi connectivity index (χ1) is 16.9. The molecule has 0 radical (unpaired) electrons. The number of halogens is 2. The lowest BCUT2D eigenvalue weighted by Crippen LogP contribution is -2.52. The number of H-pyrrole nitrogens is 1. The molecule has 0 aliphatic carbocycles. The summed E-state index contributed by atoms with van der Waals surface area (Å²) in [6.45, 7) is 2.34. The molecule has 0 spiro atoms. The van der Waals surface area contributed by atoms with Gasteiger partial charge in [-0.1, -0.05) is 6.07 Å².